The van der Waals surface area contributed by atoms with Crippen LogP contribution in [0.25, 0.3) is 5.69 Å². The first-order chi connectivity index (χ1) is 7.68. The van der Waals surface area contributed by atoms with Crippen molar-refractivity contribution in [2.24, 2.45) is 5.73 Å². The van der Waals surface area contributed by atoms with E-state index in [1.807, 2.05) is 0 Å². The van der Waals surface area contributed by atoms with Gasteiger partial charge in [0.05, 0.1) is 5.69 Å². The first kappa shape index (κ1) is 10.3. The molecule has 6 heteroatoms. The number of carbonyl (C=O) groups is 1. The van der Waals surface area contributed by atoms with E-state index in [1.54, 1.807) is 24.3 Å². The van der Waals surface area contributed by atoms with Gasteiger partial charge in [-0.1, -0.05) is 12.1 Å². The molecule has 2 rings (SSSR count). The molecule has 2 aromatic rings. The SMILES string of the molecule is NC(C(=O)O)c1cccc(-n2cncn2)c1. The molecular weight excluding hydrogens is 208 g/mol. The van der Waals surface area contributed by atoms with Crippen molar-refractivity contribution in [3.8, 4) is 5.69 Å². The van der Waals surface area contributed by atoms with Gasteiger partial charge < -0.3 is 10.8 Å². The minimum Gasteiger partial charge on any atom is -0.480 e. The fourth-order valence-electron chi connectivity index (χ4n) is 1.34. The lowest BCUT2D eigenvalue weighted by atomic mass is 10.1. The number of hydrogen-bond acceptors (Lipinski definition) is 4. The van der Waals surface area contributed by atoms with Crippen LogP contribution in [0.5, 0.6) is 0 Å². The van der Waals surface area contributed by atoms with Gasteiger partial charge in [-0.2, -0.15) is 5.10 Å². The predicted molar refractivity (Wildman–Crippen MR) is 55.9 cm³/mol. The summed E-state index contributed by atoms with van der Waals surface area (Å²) in [5.41, 5.74) is 6.77. The Morgan fingerprint density at radius 2 is 2.31 bits per heavy atom. The molecule has 16 heavy (non-hydrogen) atoms. The molecule has 1 unspecified atom stereocenters. The summed E-state index contributed by atoms with van der Waals surface area (Å²) in [6, 6.07) is 5.85. The van der Waals surface area contributed by atoms with Crippen LogP contribution in [0.1, 0.15) is 11.6 Å². The summed E-state index contributed by atoms with van der Waals surface area (Å²) in [7, 11) is 0. The van der Waals surface area contributed by atoms with Crippen molar-refractivity contribution in [1.29, 1.82) is 0 Å². The second-order valence-electron chi connectivity index (χ2n) is 3.25. The van der Waals surface area contributed by atoms with Gasteiger partial charge in [0.2, 0.25) is 0 Å². The van der Waals surface area contributed by atoms with Gasteiger partial charge in [0.15, 0.2) is 0 Å². The van der Waals surface area contributed by atoms with Crippen LogP contribution in [0, 0.1) is 0 Å². The van der Waals surface area contributed by atoms with Crippen LogP contribution < -0.4 is 5.73 Å². The van der Waals surface area contributed by atoms with E-state index in [0.29, 0.717) is 5.56 Å². The van der Waals surface area contributed by atoms with E-state index < -0.39 is 12.0 Å². The third-order valence-corrected chi connectivity index (χ3v) is 2.18. The van der Waals surface area contributed by atoms with E-state index in [2.05, 4.69) is 10.1 Å². The Kier molecular flexibility index (Phi) is 2.65. The maximum absolute atomic E-state index is 10.7. The largest absolute Gasteiger partial charge is 0.480 e. The topological polar surface area (TPSA) is 94.0 Å². The zero-order valence-electron chi connectivity index (χ0n) is 8.32. The van der Waals surface area contributed by atoms with Crippen LogP contribution in [0.3, 0.4) is 0 Å². The summed E-state index contributed by atoms with van der Waals surface area (Å²) in [5.74, 6) is -1.06. The number of rotatable bonds is 3. The van der Waals surface area contributed by atoms with Crippen LogP contribution in [0.2, 0.25) is 0 Å². The minimum absolute atomic E-state index is 0.528. The number of aromatic nitrogens is 3. The fourth-order valence-corrected chi connectivity index (χ4v) is 1.34. The van der Waals surface area contributed by atoms with Crippen molar-refractivity contribution >= 4 is 5.97 Å². The van der Waals surface area contributed by atoms with Gasteiger partial charge in [-0.15, -0.1) is 0 Å². The molecule has 1 aromatic carbocycles. The maximum atomic E-state index is 10.7. The zero-order chi connectivity index (χ0) is 11.5. The molecule has 0 saturated heterocycles. The lowest BCUT2D eigenvalue weighted by Gasteiger charge is -2.08. The fraction of sp³-hybridized carbons (Fsp3) is 0.100. The van der Waals surface area contributed by atoms with Crippen LogP contribution in [0.4, 0.5) is 0 Å². The van der Waals surface area contributed by atoms with Crippen molar-refractivity contribution in [2.45, 2.75) is 6.04 Å². The van der Waals surface area contributed by atoms with Crippen LogP contribution in [-0.2, 0) is 4.79 Å². The molecule has 0 amide bonds. The third kappa shape index (κ3) is 1.91. The van der Waals surface area contributed by atoms with E-state index in [9.17, 15) is 4.79 Å². The number of nitrogens with two attached hydrogens (primary N) is 1. The van der Waals surface area contributed by atoms with Gasteiger partial charge in [-0.3, -0.25) is 4.79 Å². The molecule has 82 valence electrons. The molecule has 3 N–H and O–H groups in total. The molecule has 0 bridgehead atoms. The van der Waals surface area contributed by atoms with Gasteiger partial charge in [0.25, 0.3) is 0 Å². The van der Waals surface area contributed by atoms with Crippen molar-refractivity contribution in [1.82, 2.24) is 14.8 Å². The second-order valence-corrected chi connectivity index (χ2v) is 3.25. The average molecular weight is 218 g/mol. The first-order valence-corrected chi connectivity index (χ1v) is 4.62. The summed E-state index contributed by atoms with van der Waals surface area (Å²) >= 11 is 0. The number of carboxylic acids is 1. The van der Waals surface area contributed by atoms with Gasteiger partial charge in [0.1, 0.15) is 18.7 Å². The Labute approximate surface area is 91.3 Å². The van der Waals surface area contributed by atoms with Gasteiger partial charge in [0, 0.05) is 0 Å². The number of aliphatic carboxylic acids is 1. The second kappa shape index (κ2) is 4.11. The van der Waals surface area contributed by atoms with E-state index >= 15 is 0 Å². The highest BCUT2D eigenvalue weighted by Crippen LogP contribution is 2.14. The summed E-state index contributed by atoms with van der Waals surface area (Å²) < 4.78 is 1.54. The minimum atomic E-state index is -1.06. The number of hydrogen-bond donors (Lipinski definition) is 2. The molecule has 0 aliphatic carbocycles. The van der Waals surface area contributed by atoms with Gasteiger partial charge >= 0.3 is 5.97 Å². The molecule has 0 fully saturated rings. The van der Waals surface area contributed by atoms with E-state index in [4.69, 9.17) is 10.8 Å². The lowest BCUT2D eigenvalue weighted by molar-refractivity contribution is -0.138. The molecule has 0 aliphatic rings. The predicted octanol–water partition coefficient (Wildman–Crippen LogP) is 0.352. The molecule has 6 nitrogen and oxygen atoms in total. The highest BCUT2D eigenvalue weighted by molar-refractivity contribution is 5.75. The Morgan fingerprint density at radius 1 is 1.50 bits per heavy atom. The first-order valence-electron chi connectivity index (χ1n) is 4.62. The standard InChI is InChI=1S/C10H10N4O2/c11-9(10(15)16)7-2-1-3-8(4-7)14-6-12-5-13-14/h1-6,9H,11H2,(H,15,16). The summed E-state index contributed by atoms with van der Waals surface area (Å²) in [4.78, 5) is 14.6. The summed E-state index contributed by atoms with van der Waals surface area (Å²) in [6.45, 7) is 0. The average Bonchev–Trinajstić information content (AvgIpc) is 2.81. The van der Waals surface area contributed by atoms with Crippen LogP contribution in [-0.4, -0.2) is 25.8 Å². The molecule has 1 heterocycles. The number of benzene rings is 1. The maximum Gasteiger partial charge on any atom is 0.325 e. The molecule has 0 aliphatic heterocycles. The van der Waals surface area contributed by atoms with Crippen molar-refractivity contribution in [3.63, 3.8) is 0 Å². The van der Waals surface area contributed by atoms with Crippen LogP contribution in [0.15, 0.2) is 36.9 Å². The van der Waals surface area contributed by atoms with Gasteiger partial charge in [-0.05, 0) is 17.7 Å². The molecule has 0 radical (unpaired) electrons. The lowest BCUT2D eigenvalue weighted by Crippen LogP contribution is -2.20. The Hall–Kier alpha value is -2.21. The van der Waals surface area contributed by atoms with Crippen LogP contribution >= 0.6 is 0 Å². The highest BCUT2D eigenvalue weighted by Gasteiger charge is 2.14. The zero-order valence-corrected chi connectivity index (χ0v) is 8.32. The van der Waals surface area contributed by atoms with E-state index in [1.165, 1.54) is 17.3 Å². The quantitative estimate of drug-likeness (QED) is 0.775. The van der Waals surface area contributed by atoms with Crippen molar-refractivity contribution in [3.05, 3.63) is 42.5 Å². The van der Waals surface area contributed by atoms with E-state index in [0.717, 1.165) is 5.69 Å². The summed E-state index contributed by atoms with van der Waals surface area (Å²) in [6.07, 6.45) is 2.94. The van der Waals surface area contributed by atoms with E-state index in [-0.39, 0.29) is 0 Å². The smallest absolute Gasteiger partial charge is 0.325 e. The number of nitrogens with zero attached hydrogens (tertiary/aromatic N) is 3. The monoisotopic (exact) mass is 218 g/mol. The Bertz CT molecular complexity index is 495. The summed E-state index contributed by atoms with van der Waals surface area (Å²) in [5, 5.41) is 12.7. The molecular formula is C10H10N4O2. The molecule has 1 atom stereocenters. The Morgan fingerprint density at radius 3 is 2.94 bits per heavy atom. The van der Waals surface area contributed by atoms with Gasteiger partial charge in [-0.25, -0.2) is 9.67 Å². The normalized spacial score (nSPS) is 12.3. The van der Waals surface area contributed by atoms with Crippen molar-refractivity contribution in [2.75, 3.05) is 0 Å². The third-order valence-electron chi connectivity index (χ3n) is 2.18. The highest BCUT2D eigenvalue weighted by atomic mass is 16.4. The molecule has 0 spiro atoms. The molecule has 1 aromatic heterocycles. The number of carboxylic acid groups (broad SMARTS) is 1. The molecule has 0 saturated carbocycles. The van der Waals surface area contributed by atoms with Crippen molar-refractivity contribution < 1.29 is 9.90 Å². The Balaban J connectivity index is 2.37.